The molecule has 1 heterocycles. The van der Waals surface area contributed by atoms with Crippen LogP contribution in [0.2, 0.25) is 5.28 Å². The van der Waals surface area contributed by atoms with Gasteiger partial charge in [0.1, 0.15) is 9.84 Å². The Labute approximate surface area is 122 Å². The van der Waals surface area contributed by atoms with Crippen molar-refractivity contribution in [2.45, 2.75) is 19.0 Å². The van der Waals surface area contributed by atoms with E-state index in [9.17, 15) is 8.42 Å². The van der Waals surface area contributed by atoms with Gasteiger partial charge in [-0.1, -0.05) is 11.8 Å². The highest BCUT2D eigenvalue weighted by molar-refractivity contribution is 8.00. The van der Waals surface area contributed by atoms with Crippen LogP contribution in [0.15, 0.2) is 5.16 Å². The van der Waals surface area contributed by atoms with Crippen LogP contribution in [0, 0.1) is 0 Å². The fourth-order valence-corrected chi connectivity index (χ4v) is 3.55. The monoisotopic (exact) mass is 324 g/mol. The zero-order valence-electron chi connectivity index (χ0n) is 11.1. The topological polar surface area (TPSA) is 76.1 Å². The number of nitrogens with zero attached hydrogens (tertiary/aromatic N) is 4. The molecule has 0 aliphatic heterocycles. The Morgan fingerprint density at radius 3 is 2.37 bits per heavy atom. The Morgan fingerprint density at radius 1 is 1.21 bits per heavy atom. The van der Waals surface area contributed by atoms with E-state index in [1.54, 1.807) is 0 Å². The van der Waals surface area contributed by atoms with Crippen molar-refractivity contribution in [1.29, 1.82) is 0 Å². The summed E-state index contributed by atoms with van der Waals surface area (Å²) in [5, 5.41) is 0.573. The zero-order valence-corrected chi connectivity index (χ0v) is 13.5. The number of aromatic nitrogens is 3. The maximum absolute atomic E-state index is 11.1. The molecule has 1 aromatic rings. The van der Waals surface area contributed by atoms with Gasteiger partial charge in [-0.3, -0.25) is 0 Å². The minimum absolute atomic E-state index is 0.0849. The summed E-state index contributed by atoms with van der Waals surface area (Å²) in [6, 6.07) is 0. The van der Waals surface area contributed by atoms with Crippen molar-refractivity contribution in [3.05, 3.63) is 5.28 Å². The van der Waals surface area contributed by atoms with Gasteiger partial charge in [-0.05, 0) is 25.4 Å². The second-order valence-electron chi connectivity index (χ2n) is 3.84. The number of sulfone groups is 1. The van der Waals surface area contributed by atoms with Crippen LogP contribution in [0.3, 0.4) is 0 Å². The first-order valence-electron chi connectivity index (χ1n) is 5.82. The van der Waals surface area contributed by atoms with Gasteiger partial charge in [-0.2, -0.15) is 15.0 Å². The SMILES string of the molecule is CCN(CC)c1nc(Cl)nc(SCCS(C)(=O)=O)n1. The van der Waals surface area contributed by atoms with Gasteiger partial charge in [0.25, 0.3) is 0 Å². The van der Waals surface area contributed by atoms with Gasteiger partial charge in [-0.25, -0.2) is 8.42 Å². The van der Waals surface area contributed by atoms with E-state index >= 15 is 0 Å². The Morgan fingerprint density at radius 2 is 1.84 bits per heavy atom. The predicted octanol–water partition coefficient (Wildman–Crippen LogP) is 1.51. The van der Waals surface area contributed by atoms with Gasteiger partial charge in [0.2, 0.25) is 11.2 Å². The van der Waals surface area contributed by atoms with Crippen molar-refractivity contribution in [2.75, 3.05) is 35.8 Å². The number of anilines is 1. The molecule has 0 saturated carbocycles. The number of hydrogen-bond acceptors (Lipinski definition) is 7. The average Bonchev–Trinajstić information content (AvgIpc) is 2.28. The Balaban J connectivity index is 2.79. The summed E-state index contributed by atoms with van der Waals surface area (Å²) in [7, 11) is -2.98. The Kier molecular flexibility index (Phi) is 6.28. The molecule has 0 unspecified atom stereocenters. The van der Waals surface area contributed by atoms with Crippen LogP contribution >= 0.6 is 23.4 Å². The first-order valence-corrected chi connectivity index (χ1v) is 9.25. The molecule has 1 rings (SSSR count). The first kappa shape index (κ1) is 16.5. The highest BCUT2D eigenvalue weighted by atomic mass is 35.5. The van der Waals surface area contributed by atoms with Gasteiger partial charge in [0.15, 0.2) is 5.16 Å². The Hall–Kier alpha value is -0.600. The summed E-state index contributed by atoms with van der Waals surface area (Å²) < 4.78 is 22.1. The van der Waals surface area contributed by atoms with Gasteiger partial charge >= 0.3 is 0 Å². The fraction of sp³-hybridized carbons (Fsp3) is 0.700. The van der Waals surface area contributed by atoms with Crippen molar-refractivity contribution in [3.8, 4) is 0 Å². The molecule has 0 saturated heterocycles. The summed E-state index contributed by atoms with van der Waals surface area (Å²) in [4.78, 5) is 14.3. The van der Waals surface area contributed by atoms with Gasteiger partial charge in [0, 0.05) is 25.1 Å². The van der Waals surface area contributed by atoms with Crippen LogP contribution in [0.4, 0.5) is 5.95 Å². The smallest absolute Gasteiger partial charge is 0.230 e. The molecule has 0 fully saturated rings. The van der Waals surface area contributed by atoms with Crippen LogP contribution in [0.1, 0.15) is 13.8 Å². The number of halogens is 1. The molecule has 0 aliphatic carbocycles. The highest BCUT2D eigenvalue weighted by Gasteiger charge is 2.11. The zero-order chi connectivity index (χ0) is 14.5. The molecule has 9 heteroatoms. The lowest BCUT2D eigenvalue weighted by atomic mass is 10.5. The van der Waals surface area contributed by atoms with E-state index in [4.69, 9.17) is 11.6 Å². The molecule has 19 heavy (non-hydrogen) atoms. The molecular weight excluding hydrogens is 308 g/mol. The van der Waals surface area contributed by atoms with E-state index in [2.05, 4.69) is 15.0 Å². The molecular formula is C10H17ClN4O2S2. The van der Waals surface area contributed by atoms with Gasteiger partial charge in [0.05, 0.1) is 5.75 Å². The fourth-order valence-electron chi connectivity index (χ4n) is 1.32. The van der Waals surface area contributed by atoms with Crippen LogP contribution in [0.25, 0.3) is 0 Å². The highest BCUT2D eigenvalue weighted by Crippen LogP contribution is 2.18. The van der Waals surface area contributed by atoms with E-state index in [0.29, 0.717) is 16.9 Å². The van der Waals surface area contributed by atoms with Crippen molar-refractivity contribution in [3.63, 3.8) is 0 Å². The van der Waals surface area contributed by atoms with Crippen molar-refractivity contribution < 1.29 is 8.42 Å². The third-order valence-corrected chi connectivity index (χ3v) is 4.53. The molecule has 0 aromatic carbocycles. The van der Waals surface area contributed by atoms with Crippen LogP contribution in [-0.2, 0) is 9.84 Å². The lowest BCUT2D eigenvalue weighted by molar-refractivity contribution is 0.603. The molecule has 6 nitrogen and oxygen atoms in total. The van der Waals surface area contributed by atoms with Crippen LogP contribution < -0.4 is 4.90 Å². The third kappa shape index (κ3) is 5.92. The molecule has 0 atom stereocenters. The normalized spacial score (nSPS) is 11.6. The van der Waals surface area contributed by atoms with E-state index in [1.807, 2.05) is 18.7 Å². The summed E-state index contributed by atoms with van der Waals surface area (Å²) in [6.07, 6.45) is 1.20. The quantitative estimate of drug-likeness (QED) is 0.703. The number of rotatable bonds is 7. The molecule has 0 amide bonds. The molecule has 0 N–H and O–H groups in total. The van der Waals surface area contributed by atoms with E-state index in [1.165, 1.54) is 18.0 Å². The van der Waals surface area contributed by atoms with Crippen molar-refractivity contribution in [1.82, 2.24) is 15.0 Å². The van der Waals surface area contributed by atoms with E-state index in [-0.39, 0.29) is 11.0 Å². The second kappa shape index (κ2) is 7.25. The Bertz CT molecular complexity index is 520. The second-order valence-corrected chi connectivity index (χ2v) is 7.50. The molecule has 0 aliphatic rings. The first-order chi connectivity index (χ1) is 8.85. The maximum atomic E-state index is 11.1. The van der Waals surface area contributed by atoms with Gasteiger partial charge < -0.3 is 4.90 Å². The summed E-state index contributed by atoms with van der Waals surface area (Å²) in [6.45, 7) is 5.53. The summed E-state index contributed by atoms with van der Waals surface area (Å²) in [5.74, 6) is 1.00. The van der Waals surface area contributed by atoms with Crippen LogP contribution in [0.5, 0.6) is 0 Å². The lowest BCUT2D eigenvalue weighted by Gasteiger charge is -2.18. The molecule has 108 valence electrons. The standard InChI is InChI=1S/C10H17ClN4O2S2/c1-4-15(5-2)9-12-8(11)13-10(14-9)18-6-7-19(3,16)17/h4-7H2,1-3H3. The summed E-state index contributed by atoms with van der Waals surface area (Å²) in [5.41, 5.74) is 0. The van der Waals surface area contributed by atoms with Crippen molar-refractivity contribution in [2.24, 2.45) is 0 Å². The molecule has 0 radical (unpaired) electrons. The lowest BCUT2D eigenvalue weighted by Crippen LogP contribution is -2.24. The van der Waals surface area contributed by atoms with Crippen molar-refractivity contribution >= 4 is 39.1 Å². The maximum Gasteiger partial charge on any atom is 0.230 e. The number of thioether (sulfide) groups is 1. The van der Waals surface area contributed by atoms with E-state index < -0.39 is 9.84 Å². The third-order valence-electron chi connectivity index (χ3n) is 2.31. The summed E-state index contributed by atoms with van der Waals surface area (Å²) >= 11 is 7.12. The largest absolute Gasteiger partial charge is 0.341 e. The molecule has 1 aromatic heterocycles. The number of hydrogen-bond donors (Lipinski definition) is 0. The van der Waals surface area contributed by atoms with Crippen LogP contribution in [-0.4, -0.2) is 54.2 Å². The predicted molar refractivity (Wildman–Crippen MR) is 78.8 cm³/mol. The minimum atomic E-state index is -2.98. The molecule has 0 bridgehead atoms. The van der Waals surface area contributed by atoms with E-state index in [0.717, 1.165) is 13.1 Å². The average molecular weight is 325 g/mol. The molecule has 0 spiro atoms. The van der Waals surface area contributed by atoms with Gasteiger partial charge in [-0.15, -0.1) is 0 Å². The minimum Gasteiger partial charge on any atom is -0.341 e.